The zero-order valence-electron chi connectivity index (χ0n) is 30.8. The molecule has 10 nitrogen and oxygen atoms in total. The third-order valence-corrected chi connectivity index (χ3v) is 9.93. The number of hydrogen-bond donors (Lipinski definition) is 2. The lowest BCUT2D eigenvalue weighted by atomic mass is 9.98. The molecule has 3 amide bonds. The lowest BCUT2D eigenvalue weighted by molar-refractivity contribution is -0.252. The molecule has 0 aromatic heterocycles. The second-order valence-corrected chi connectivity index (χ2v) is 14.1. The van der Waals surface area contributed by atoms with Gasteiger partial charge in [-0.15, -0.1) is 0 Å². The molecule has 7 rings (SSSR count). The first kappa shape index (κ1) is 37.7. The molecule has 0 saturated carbocycles. The Bertz CT molecular complexity index is 2080. The molecule has 282 valence electrons. The van der Waals surface area contributed by atoms with Gasteiger partial charge in [-0.1, -0.05) is 121 Å². The molecule has 0 radical (unpaired) electrons. The first-order chi connectivity index (χ1) is 26.8. The van der Waals surface area contributed by atoms with Crippen LogP contribution in [0.3, 0.4) is 0 Å². The number of likely N-dealkylation sites (tertiary alicyclic amines) is 1. The standard InChI is InChI=1S/C45H45N3O7/c1-47(26-31-10-4-2-5-11-31)28-39-24-41(35-20-18-32(29-49)19-21-35)55-44(54-39)38-17-9-16-37(23-38)36-15-8-14-34(22-36)27-48-42(50)25-40(43(48)51)46-45(52)53-30-33-12-6-3-7-13-33/h2-23,39-41,44,49H,24-30H2,1H3,(H,46,52). The van der Waals surface area contributed by atoms with Gasteiger partial charge < -0.3 is 24.6 Å². The van der Waals surface area contributed by atoms with Gasteiger partial charge >= 0.3 is 6.09 Å². The normalized spacial score (nSPS) is 19.8. The van der Waals surface area contributed by atoms with Crippen molar-refractivity contribution in [2.45, 2.75) is 63.7 Å². The van der Waals surface area contributed by atoms with E-state index in [1.54, 1.807) is 0 Å². The van der Waals surface area contributed by atoms with E-state index in [0.29, 0.717) is 13.0 Å². The number of alkyl carbamates (subject to hydrolysis) is 1. The summed E-state index contributed by atoms with van der Waals surface area (Å²) in [6, 6.07) is 42.2. The van der Waals surface area contributed by atoms with Gasteiger partial charge in [0, 0.05) is 25.1 Å². The lowest BCUT2D eigenvalue weighted by Crippen LogP contribution is -2.41. The summed E-state index contributed by atoms with van der Waals surface area (Å²) in [5.41, 5.74) is 7.39. The molecule has 10 heteroatoms. The minimum Gasteiger partial charge on any atom is -0.445 e. The Morgan fingerprint density at radius 3 is 2.18 bits per heavy atom. The summed E-state index contributed by atoms with van der Waals surface area (Å²) in [5.74, 6) is -0.827. The van der Waals surface area contributed by atoms with Crippen LogP contribution in [0.15, 0.2) is 133 Å². The van der Waals surface area contributed by atoms with Crippen LogP contribution in [0.1, 0.15) is 58.6 Å². The molecule has 4 unspecified atom stereocenters. The van der Waals surface area contributed by atoms with Gasteiger partial charge in [0.1, 0.15) is 12.6 Å². The highest BCUT2D eigenvalue weighted by Crippen LogP contribution is 2.39. The Balaban J connectivity index is 1.03. The summed E-state index contributed by atoms with van der Waals surface area (Å²) in [7, 11) is 2.10. The largest absolute Gasteiger partial charge is 0.445 e. The fraction of sp³-hybridized carbons (Fsp3) is 0.267. The number of carbonyl (C=O) groups is 3. The zero-order valence-corrected chi connectivity index (χ0v) is 30.8. The fourth-order valence-electron chi connectivity index (χ4n) is 7.11. The Labute approximate surface area is 321 Å². The van der Waals surface area contributed by atoms with E-state index in [2.05, 4.69) is 35.5 Å². The molecule has 2 aliphatic heterocycles. The summed E-state index contributed by atoms with van der Waals surface area (Å²) in [6.07, 6.45) is -1.15. The molecular weight excluding hydrogens is 695 g/mol. The second-order valence-electron chi connectivity index (χ2n) is 14.1. The van der Waals surface area contributed by atoms with E-state index in [1.165, 1.54) is 10.5 Å². The number of amides is 3. The van der Waals surface area contributed by atoms with Gasteiger partial charge in [0.05, 0.1) is 31.8 Å². The van der Waals surface area contributed by atoms with Crippen LogP contribution in [0, 0.1) is 0 Å². The van der Waals surface area contributed by atoms with Crippen molar-refractivity contribution < 1.29 is 33.7 Å². The van der Waals surface area contributed by atoms with E-state index < -0.39 is 24.3 Å². The summed E-state index contributed by atoms with van der Waals surface area (Å²) < 4.78 is 18.6. The van der Waals surface area contributed by atoms with Crippen LogP contribution in [0.25, 0.3) is 11.1 Å². The van der Waals surface area contributed by atoms with E-state index in [4.69, 9.17) is 14.2 Å². The minimum atomic E-state index is -0.982. The van der Waals surface area contributed by atoms with Gasteiger partial charge in [-0.05, 0) is 58.1 Å². The molecule has 4 atom stereocenters. The molecule has 2 saturated heterocycles. The number of imide groups is 1. The molecular formula is C45H45N3O7. The van der Waals surface area contributed by atoms with Crippen molar-refractivity contribution in [1.29, 1.82) is 0 Å². The summed E-state index contributed by atoms with van der Waals surface area (Å²) in [5, 5.41) is 12.2. The van der Waals surface area contributed by atoms with E-state index in [-0.39, 0.29) is 44.3 Å². The predicted octanol–water partition coefficient (Wildman–Crippen LogP) is 7.08. The van der Waals surface area contributed by atoms with Crippen molar-refractivity contribution >= 4 is 17.9 Å². The monoisotopic (exact) mass is 739 g/mol. The van der Waals surface area contributed by atoms with Crippen LogP contribution < -0.4 is 5.32 Å². The number of hydrogen-bond acceptors (Lipinski definition) is 8. The first-order valence-electron chi connectivity index (χ1n) is 18.5. The highest BCUT2D eigenvalue weighted by atomic mass is 16.7. The zero-order chi connectivity index (χ0) is 38.1. The van der Waals surface area contributed by atoms with E-state index in [1.807, 2.05) is 115 Å². The molecule has 0 spiro atoms. The third kappa shape index (κ3) is 9.72. The van der Waals surface area contributed by atoms with Gasteiger partial charge in [-0.25, -0.2) is 4.79 Å². The predicted molar refractivity (Wildman–Crippen MR) is 207 cm³/mol. The smallest absolute Gasteiger partial charge is 0.408 e. The highest BCUT2D eigenvalue weighted by Gasteiger charge is 2.40. The average molecular weight is 740 g/mol. The Kier molecular flexibility index (Phi) is 12.1. The summed E-state index contributed by atoms with van der Waals surface area (Å²) >= 11 is 0. The SMILES string of the molecule is CN(Cc1ccccc1)CC1CC(c2ccc(CO)cc2)OC(c2cccc(-c3cccc(CN4C(=O)CC(NC(=O)OCc5ccccc5)C4=O)c3)c2)O1. The van der Waals surface area contributed by atoms with Gasteiger partial charge in [0.15, 0.2) is 6.29 Å². The van der Waals surface area contributed by atoms with E-state index >= 15 is 0 Å². The number of aliphatic hydroxyl groups excluding tert-OH is 1. The van der Waals surface area contributed by atoms with E-state index in [0.717, 1.165) is 45.5 Å². The molecule has 0 bridgehead atoms. The highest BCUT2D eigenvalue weighted by molar-refractivity contribution is 6.06. The quantitative estimate of drug-likeness (QED) is 0.123. The molecule has 55 heavy (non-hydrogen) atoms. The van der Waals surface area contributed by atoms with Crippen molar-refractivity contribution in [3.05, 3.63) is 167 Å². The summed E-state index contributed by atoms with van der Waals surface area (Å²) in [6.45, 7) is 1.62. The van der Waals surface area contributed by atoms with E-state index in [9.17, 15) is 19.5 Å². The van der Waals surface area contributed by atoms with Crippen molar-refractivity contribution in [2.24, 2.45) is 0 Å². The van der Waals surface area contributed by atoms with Crippen molar-refractivity contribution in [3.8, 4) is 11.1 Å². The maximum absolute atomic E-state index is 13.2. The molecule has 2 heterocycles. The van der Waals surface area contributed by atoms with Crippen molar-refractivity contribution in [1.82, 2.24) is 15.1 Å². The fourth-order valence-corrected chi connectivity index (χ4v) is 7.11. The molecule has 2 fully saturated rings. The van der Waals surface area contributed by atoms with Crippen LogP contribution in [0.2, 0.25) is 0 Å². The number of aliphatic hydroxyl groups is 1. The summed E-state index contributed by atoms with van der Waals surface area (Å²) in [4.78, 5) is 42.1. The van der Waals surface area contributed by atoms with Crippen molar-refractivity contribution in [3.63, 3.8) is 0 Å². The number of likely N-dealkylation sites (N-methyl/N-ethyl adjacent to an activating group) is 1. The van der Waals surface area contributed by atoms with Gasteiger partial charge in [0.25, 0.3) is 5.91 Å². The molecule has 2 aliphatic rings. The topological polar surface area (TPSA) is 118 Å². The number of nitrogens with zero attached hydrogens (tertiary/aromatic N) is 2. The van der Waals surface area contributed by atoms with Gasteiger partial charge in [-0.3, -0.25) is 19.4 Å². The maximum Gasteiger partial charge on any atom is 0.408 e. The number of rotatable bonds is 13. The van der Waals surface area contributed by atoms with Crippen LogP contribution in [0.5, 0.6) is 0 Å². The van der Waals surface area contributed by atoms with Crippen LogP contribution in [0.4, 0.5) is 4.79 Å². The molecule has 5 aromatic carbocycles. The lowest BCUT2D eigenvalue weighted by Gasteiger charge is -2.38. The van der Waals surface area contributed by atoms with Crippen molar-refractivity contribution in [2.75, 3.05) is 13.6 Å². The number of carbonyl (C=O) groups excluding carboxylic acids is 3. The molecule has 0 aliphatic carbocycles. The van der Waals surface area contributed by atoms with Gasteiger partial charge in [0.2, 0.25) is 5.91 Å². The average Bonchev–Trinajstić information content (AvgIpc) is 3.47. The van der Waals surface area contributed by atoms with Crippen LogP contribution in [-0.4, -0.2) is 58.6 Å². The number of benzene rings is 5. The maximum atomic E-state index is 13.2. The Morgan fingerprint density at radius 1 is 0.782 bits per heavy atom. The van der Waals surface area contributed by atoms with Crippen LogP contribution in [-0.2, 0) is 50.1 Å². The first-order valence-corrected chi connectivity index (χ1v) is 18.5. The third-order valence-electron chi connectivity index (χ3n) is 9.93. The Morgan fingerprint density at radius 2 is 1.45 bits per heavy atom. The molecule has 5 aromatic rings. The second kappa shape index (κ2) is 17.7. The number of nitrogens with one attached hydrogen (secondary N) is 1. The minimum absolute atomic E-state index is 0.0210. The van der Waals surface area contributed by atoms with Gasteiger partial charge in [-0.2, -0.15) is 0 Å². The number of ether oxygens (including phenoxy) is 3. The van der Waals surface area contributed by atoms with Crippen LogP contribution >= 0.6 is 0 Å². The molecule has 2 N–H and O–H groups in total. The Hall–Kier alpha value is -5.65.